The molecule has 2 aromatic carbocycles. The van der Waals surface area contributed by atoms with Crippen LogP contribution in [0, 0.1) is 0 Å². The molecule has 2 amide bonds. The molecule has 0 bridgehead atoms. The average Bonchev–Trinajstić information content (AvgIpc) is 2.90. The largest absolute Gasteiger partial charge is 0.492 e. The van der Waals surface area contributed by atoms with E-state index in [-0.39, 0.29) is 5.57 Å². The summed E-state index contributed by atoms with van der Waals surface area (Å²) in [5, 5.41) is 1.67. The number of hydrazine groups is 1. The van der Waals surface area contributed by atoms with Crippen LogP contribution in [0.1, 0.15) is 18.9 Å². The van der Waals surface area contributed by atoms with E-state index in [1.54, 1.807) is 42.5 Å². The number of para-hydroxylation sites is 1. The van der Waals surface area contributed by atoms with E-state index < -0.39 is 11.8 Å². The normalized spacial score (nSPS) is 15.6. The molecular weight excluding hydrogens is 340 g/mol. The number of anilines is 1. The van der Waals surface area contributed by atoms with E-state index in [1.165, 1.54) is 11.1 Å². The molecule has 0 atom stereocenters. The summed E-state index contributed by atoms with van der Waals surface area (Å²) < 4.78 is 5.52. The van der Waals surface area contributed by atoms with Crippen molar-refractivity contribution in [1.82, 2.24) is 5.43 Å². The molecule has 1 aliphatic heterocycles. The van der Waals surface area contributed by atoms with Crippen molar-refractivity contribution in [3.63, 3.8) is 0 Å². The van der Waals surface area contributed by atoms with Crippen molar-refractivity contribution < 1.29 is 14.3 Å². The smallest absolute Gasteiger partial charge is 0.282 e. The number of rotatable bonds is 5. The Bertz CT molecular complexity index is 834. The van der Waals surface area contributed by atoms with Gasteiger partial charge >= 0.3 is 0 Å². The molecule has 0 unspecified atom stereocenters. The number of halogens is 1. The molecule has 1 saturated heterocycles. The van der Waals surface area contributed by atoms with Gasteiger partial charge in [-0.05, 0) is 42.3 Å². The zero-order valence-corrected chi connectivity index (χ0v) is 14.4. The molecule has 2 aromatic rings. The van der Waals surface area contributed by atoms with E-state index in [0.717, 1.165) is 6.42 Å². The Morgan fingerprint density at radius 2 is 1.92 bits per heavy atom. The maximum absolute atomic E-state index is 12.5. The molecule has 128 valence electrons. The van der Waals surface area contributed by atoms with E-state index >= 15 is 0 Å². The molecule has 0 aliphatic carbocycles. The molecule has 0 radical (unpaired) electrons. The third-order valence-electron chi connectivity index (χ3n) is 3.63. The fourth-order valence-corrected chi connectivity index (χ4v) is 2.66. The second-order valence-corrected chi connectivity index (χ2v) is 5.92. The number of benzene rings is 2. The second-order valence-electron chi connectivity index (χ2n) is 5.51. The number of carbonyl (C=O) groups is 2. The highest BCUT2D eigenvalue weighted by molar-refractivity contribution is 6.33. The minimum Gasteiger partial charge on any atom is -0.492 e. The number of nitrogens with one attached hydrogen (secondary N) is 1. The molecule has 1 aliphatic rings. The standard InChI is InChI=1S/C19H17ClN2O3/c1-2-10-25-17-9-8-13(12-16(17)20)11-15-18(23)21-22(19(15)24)14-6-4-3-5-7-14/h3-9,11-12H,2,10H2,1H3,(H,21,23). The fourth-order valence-electron chi connectivity index (χ4n) is 2.42. The Kier molecular flexibility index (Phi) is 5.05. The maximum Gasteiger partial charge on any atom is 0.282 e. The van der Waals surface area contributed by atoms with Gasteiger partial charge in [-0.25, -0.2) is 5.01 Å². The number of nitrogens with zero attached hydrogens (tertiary/aromatic N) is 1. The van der Waals surface area contributed by atoms with Crippen molar-refractivity contribution in [2.75, 3.05) is 11.6 Å². The van der Waals surface area contributed by atoms with Crippen LogP contribution in [0.2, 0.25) is 5.02 Å². The third kappa shape index (κ3) is 3.67. The van der Waals surface area contributed by atoms with Gasteiger partial charge in [-0.2, -0.15) is 0 Å². The Hall–Kier alpha value is -2.79. The summed E-state index contributed by atoms with van der Waals surface area (Å²) in [5.41, 5.74) is 3.88. The van der Waals surface area contributed by atoms with Gasteiger partial charge in [0, 0.05) is 0 Å². The quantitative estimate of drug-likeness (QED) is 0.658. The number of ether oxygens (including phenoxy) is 1. The highest BCUT2D eigenvalue weighted by Gasteiger charge is 2.34. The summed E-state index contributed by atoms with van der Waals surface area (Å²) in [6.45, 7) is 2.59. The predicted octanol–water partition coefficient (Wildman–Crippen LogP) is 3.59. The first-order valence-electron chi connectivity index (χ1n) is 7.94. The SMILES string of the molecule is CCCOc1ccc(C=C2C(=O)NN(c3ccccc3)C2=O)cc1Cl. The van der Waals surface area contributed by atoms with Crippen LogP contribution >= 0.6 is 11.6 Å². The first kappa shape index (κ1) is 17.0. The highest BCUT2D eigenvalue weighted by atomic mass is 35.5. The summed E-state index contributed by atoms with van der Waals surface area (Å²) >= 11 is 6.20. The lowest BCUT2D eigenvalue weighted by Gasteiger charge is -2.13. The third-order valence-corrected chi connectivity index (χ3v) is 3.93. The zero-order valence-electron chi connectivity index (χ0n) is 13.7. The lowest BCUT2D eigenvalue weighted by Crippen LogP contribution is -2.35. The van der Waals surface area contributed by atoms with Gasteiger partial charge in [0.1, 0.15) is 11.3 Å². The van der Waals surface area contributed by atoms with Crippen molar-refractivity contribution in [1.29, 1.82) is 0 Å². The van der Waals surface area contributed by atoms with Crippen LogP contribution in [0.5, 0.6) is 5.75 Å². The Balaban J connectivity index is 1.85. The monoisotopic (exact) mass is 356 g/mol. The van der Waals surface area contributed by atoms with Crippen LogP contribution in [-0.4, -0.2) is 18.4 Å². The van der Waals surface area contributed by atoms with Crippen LogP contribution < -0.4 is 15.2 Å². The lowest BCUT2D eigenvalue weighted by atomic mass is 10.1. The lowest BCUT2D eigenvalue weighted by molar-refractivity contribution is -0.117. The summed E-state index contributed by atoms with van der Waals surface area (Å²) in [5.74, 6) is -0.270. The van der Waals surface area contributed by atoms with E-state index in [9.17, 15) is 9.59 Å². The Morgan fingerprint density at radius 1 is 1.16 bits per heavy atom. The van der Waals surface area contributed by atoms with Crippen LogP contribution in [-0.2, 0) is 9.59 Å². The van der Waals surface area contributed by atoms with Crippen molar-refractivity contribution >= 4 is 35.2 Å². The van der Waals surface area contributed by atoms with Crippen LogP contribution in [0.15, 0.2) is 54.1 Å². The van der Waals surface area contributed by atoms with Crippen LogP contribution in [0.25, 0.3) is 6.08 Å². The second kappa shape index (κ2) is 7.40. The van der Waals surface area contributed by atoms with Gasteiger partial charge in [-0.15, -0.1) is 0 Å². The van der Waals surface area contributed by atoms with Gasteiger partial charge in [0.2, 0.25) is 0 Å². The van der Waals surface area contributed by atoms with Crippen molar-refractivity contribution in [3.05, 3.63) is 64.7 Å². The van der Waals surface area contributed by atoms with E-state index in [4.69, 9.17) is 16.3 Å². The molecule has 0 aromatic heterocycles. The maximum atomic E-state index is 12.5. The average molecular weight is 357 g/mol. The molecule has 0 saturated carbocycles. The topological polar surface area (TPSA) is 58.6 Å². The van der Waals surface area contributed by atoms with Crippen molar-refractivity contribution in [2.24, 2.45) is 0 Å². The molecule has 1 fully saturated rings. The molecule has 6 heteroatoms. The molecule has 25 heavy (non-hydrogen) atoms. The minimum absolute atomic E-state index is 0.0575. The molecule has 5 nitrogen and oxygen atoms in total. The number of carbonyl (C=O) groups excluding carboxylic acids is 2. The minimum atomic E-state index is -0.448. The van der Waals surface area contributed by atoms with Crippen LogP contribution in [0.4, 0.5) is 5.69 Å². The van der Waals surface area contributed by atoms with E-state index in [0.29, 0.717) is 28.6 Å². The van der Waals surface area contributed by atoms with Gasteiger partial charge in [0.25, 0.3) is 11.8 Å². The summed E-state index contributed by atoms with van der Waals surface area (Å²) in [7, 11) is 0. The predicted molar refractivity (Wildman–Crippen MR) is 97.3 cm³/mol. The highest BCUT2D eigenvalue weighted by Crippen LogP contribution is 2.28. The van der Waals surface area contributed by atoms with E-state index in [2.05, 4.69) is 5.43 Å². The van der Waals surface area contributed by atoms with Crippen LogP contribution in [0.3, 0.4) is 0 Å². The van der Waals surface area contributed by atoms with Gasteiger partial charge in [0.05, 0.1) is 17.3 Å². The van der Waals surface area contributed by atoms with Gasteiger partial charge in [-0.3, -0.25) is 15.0 Å². The Morgan fingerprint density at radius 3 is 2.60 bits per heavy atom. The van der Waals surface area contributed by atoms with E-state index in [1.807, 2.05) is 13.0 Å². The number of hydrogen-bond donors (Lipinski definition) is 1. The summed E-state index contributed by atoms with van der Waals surface area (Å²) in [6, 6.07) is 14.1. The van der Waals surface area contributed by atoms with Crippen molar-refractivity contribution in [3.8, 4) is 5.75 Å². The number of amides is 2. The Labute approximate surface area is 150 Å². The molecule has 3 rings (SSSR count). The summed E-state index contributed by atoms with van der Waals surface area (Å²) in [4.78, 5) is 24.7. The van der Waals surface area contributed by atoms with Gasteiger partial charge < -0.3 is 4.74 Å². The molecular formula is C19H17ClN2O3. The molecule has 1 N–H and O–H groups in total. The summed E-state index contributed by atoms with van der Waals surface area (Å²) in [6.07, 6.45) is 2.40. The molecule has 0 spiro atoms. The van der Waals surface area contributed by atoms with Gasteiger partial charge in [0.15, 0.2) is 0 Å². The fraction of sp³-hybridized carbons (Fsp3) is 0.158. The van der Waals surface area contributed by atoms with Gasteiger partial charge in [-0.1, -0.05) is 42.8 Å². The molecule has 1 heterocycles. The first-order valence-corrected chi connectivity index (χ1v) is 8.32. The van der Waals surface area contributed by atoms with Crippen molar-refractivity contribution in [2.45, 2.75) is 13.3 Å². The zero-order chi connectivity index (χ0) is 17.8. The first-order chi connectivity index (χ1) is 12.1. The number of hydrogen-bond acceptors (Lipinski definition) is 3.